The lowest BCUT2D eigenvalue weighted by Gasteiger charge is -2.42. The van der Waals surface area contributed by atoms with E-state index < -0.39 is 131 Å². The van der Waals surface area contributed by atoms with Crippen molar-refractivity contribution in [3.63, 3.8) is 0 Å². The fourth-order valence-electron chi connectivity index (χ4n) is 5.51. The van der Waals surface area contributed by atoms with E-state index in [1.807, 2.05) is 0 Å². The Balaban J connectivity index is 0.0000518. The van der Waals surface area contributed by atoms with E-state index in [0.29, 0.717) is 19.3 Å². The predicted molar refractivity (Wildman–Crippen MR) is 189 cm³/mol. The van der Waals surface area contributed by atoms with E-state index in [2.05, 4.69) is 0 Å². The summed E-state index contributed by atoms with van der Waals surface area (Å²) in [5.74, 6) is -122. The number of benzene rings is 1. The maximum absolute atomic E-state index is 14.5. The number of thioether (sulfide) groups is 2. The van der Waals surface area contributed by atoms with Crippen LogP contribution in [0, 0.1) is 6.92 Å². The van der Waals surface area contributed by atoms with Crippen LogP contribution in [0.1, 0.15) is 62.1 Å². The van der Waals surface area contributed by atoms with Crippen molar-refractivity contribution >= 4 is 23.5 Å². The van der Waals surface area contributed by atoms with Crippen LogP contribution >= 0.6 is 23.5 Å². The summed E-state index contributed by atoms with van der Waals surface area (Å²) >= 11 is -0.251. The number of alkyl halides is 34. The van der Waals surface area contributed by atoms with E-state index in [-0.39, 0.29) is 65.1 Å². The minimum absolute atomic E-state index is 0. The van der Waals surface area contributed by atoms with Gasteiger partial charge in [-0.2, -0.15) is 173 Å². The second-order valence-electron chi connectivity index (χ2n) is 15.2. The zero-order valence-electron chi connectivity index (χ0n) is 35.7. The van der Waals surface area contributed by atoms with Gasteiger partial charge < -0.3 is 10.9 Å². The lowest BCUT2D eigenvalue weighted by molar-refractivity contribution is -0.461. The molecule has 0 unspecified atom stereocenters. The van der Waals surface area contributed by atoms with Gasteiger partial charge in [0.2, 0.25) is 0 Å². The highest BCUT2D eigenvalue weighted by molar-refractivity contribution is 7.98. The third-order valence-corrected chi connectivity index (χ3v) is 11.9. The highest BCUT2D eigenvalue weighted by Gasteiger charge is 2.97. The second-order valence-corrected chi connectivity index (χ2v) is 17.4. The number of hydrogen-bond acceptors (Lipinski definition) is 4. The van der Waals surface area contributed by atoms with E-state index in [4.69, 9.17) is 4.74 Å². The van der Waals surface area contributed by atoms with Crippen molar-refractivity contribution in [3.8, 4) is 5.75 Å². The zero-order chi connectivity index (χ0) is 57.6. The van der Waals surface area contributed by atoms with E-state index in [1.165, 1.54) is 0 Å². The van der Waals surface area contributed by atoms with E-state index in [1.54, 1.807) is 6.92 Å². The van der Waals surface area contributed by atoms with Crippen LogP contribution in [0.2, 0.25) is 0 Å². The van der Waals surface area contributed by atoms with E-state index in [0.717, 1.165) is 19.1 Å². The normalized spacial score (nSPS) is 15.5. The molecule has 0 aliphatic heterocycles. The summed E-state index contributed by atoms with van der Waals surface area (Å²) in [6.07, 6.45) is -19.8. The first kappa shape index (κ1) is 70.3. The maximum Gasteiger partial charge on any atom is 0.460 e. The van der Waals surface area contributed by atoms with Crippen LogP contribution in [0.3, 0.4) is 0 Å². The zero-order valence-corrected chi connectivity index (χ0v) is 37.3. The Kier molecular flexibility index (Phi) is 21.2. The number of hydrogen-bond donors (Lipinski definition) is 1. The smallest absolute Gasteiger partial charge is 0.460 e. The quantitative estimate of drug-likeness (QED) is 0.0671. The highest BCUT2D eigenvalue weighted by Crippen LogP contribution is 2.66. The van der Waals surface area contributed by atoms with Crippen LogP contribution in [0.4, 0.5) is 149 Å². The summed E-state index contributed by atoms with van der Waals surface area (Å²) < 4.78 is 469. The average molecular weight is 1190 g/mol. The SMILES string of the molecule is CCCCCCOc1c(C)cc(CSCCC(F)(F)C(F)(F)C(F)(F)C(F)(F)C(F)(F)C(F)(F)C(F)(F)C(F)(F)F)cc1CSCCC(F)(F)C(F)(F)C(F)(F)C(F)(F)C(F)(F)C(F)(F)C(F)(F)C(F)(F)F.N. The predicted octanol–water partition coefficient (Wildman–Crippen LogP) is 17.4. The topological polar surface area (TPSA) is 44.2 Å². The van der Waals surface area contributed by atoms with Crippen LogP contribution in [0.15, 0.2) is 12.1 Å². The number of halogens is 34. The summed E-state index contributed by atoms with van der Waals surface area (Å²) in [5, 5.41) is 0. The van der Waals surface area contributed by atoms with Crippen LogP contribution in [0.25, 0.3) is 0 Å². The molecule has 1 rings (SSSR count). The summed E-state index contributed by atoms with van der Waals surface area (Å²) in [4.78, 5) is 0. The molecule has 0 aliphatic carbocycles. The van der Waals surface area contributed by atoms with Gasteiger partial charge in [0.05, 0.1) is 6.61 Å². The molecule has 2 nitrogen and oxygen atoms in total. The first-order valence-electron chi connectivity index (χ1n) is 18.8. The van der Waals surface area contributed by atoms with Gasteiger partial charge in [-0.05, 0) is 36.0 Å². The Hall–Kier alpha value is -2.70. The molecule has 3 N–H and O–H groups in total. The summed E-state index contributed by atoms with van der Waals surface area (Å²) in [6.45, 7) is 2.60. The summed E-state index contributed by atoms with van der Waals surface area (Å²) in [6, 6.07) is 1.80. The molecule has 0 heterocycles. The van der Waals surface area contributed by atoms with Crippen LogP contribution in [0.5, 0.6) is 5.75 Å². The molecule has 0 saturated heterocycles. The Bertz CT molecular complexity index is 1960. The first-order chi connectivity index (χ1) is 31.5. The molecule has 0 spiro atoms. The number of ether oxygens (including phenoxy) is 1. The second kappa shape index (κ2) is 22.0. The number of unbranched alkanes of at least 4 members (excludes halogenated alkanes) is 3. The standard InChI is InChI=1S/C35H30F34OS2.H3N/c1-3-4-5-6-9-70-19-16(2)12-17(14-71-10-7-20(36,37)22(40,41)24(44,45)26(48,49)28(52,53)30(56,57)32(60,61)34(64,65)66)13-18(19)15-72-11-8-21(38,39)23(42,43)25(46,47)27(50,51)29(54,55)31(58,59)33(62,63)35(67,68)69;/h12-13H,3-11,14-15H2,1-2H3;1H3. The molecule has 434 valence electrons. The maximum atomic E-state index is 14.5. The molecule has 0 amide bonds. The molecule has 0 aliphatic rings. The summed E-state index contributed by atoms with van der Waals surface area (Å²) in [5.41, 5.74) is -0.782. The molecule has 73 heavy (non-hydrogen) atoms. The Morgan fingerprint density at radius 1 is 0.384 bits per heavy atom. The van der Waals surface area contributed by atoms with Crippen molar-refractivity contribution in [2.45, 2.75) is 159 Å². The first-order valence-corrected chi connectivity index (χ1v) is 21.2. The van der Waals surface area contributed by atoms with Gasteiger partial charge >= 0.3 is 95.3 Å². The molecular weight excluding hydrogens is 1160 g/mol. The van der Waals surface area contributed by atoms with E-state index >= 15 is 0 Å². The lowest BCUT2D eigenvalue weighted by atomic mass is 9.88. The van der Waals surface area contributed by atoms with Gasteiger partial charge in [0.1, 0.15) is 5.75 Å². The minimum Gasteiger partial charge on any atom is -0.493 e. The Morgan fingerprint density at radius 3 is 1.00 bits per heavy atom. The Labute approximate surface area is 395 Å². The van der Waals surface area contributed by atoms with Crippen LogP contribution < -0.4 is 10.9 Å². The van der Waals surface area contributed by atoms with Gasteiger partial charge in [0.25, 0.3) is 0 Å². The van der Waals surface area contributed by atoms with Crippen LogP contribution in [-0.2, 0) is 11.5 Å². The van der Waals surface area contributed by atoms with Gasteiger partial charge in [-0.1, -0.05) is 38.3 Å². The van der Waals surface area contributed by atoms with Gasteiger partial charge in [0, 0.05) is 29.9 Å². The van der Waals surface area contributed by atoms with Gasteiger partial charge in [-0.3, -0.25) is 0 Å². The Morgan fingerprint density at radius 2 is 0.685 bits per heavy atom. The fraction of sp³-hybridized carbons (Fsp3) is 0.829. The molecule has 0 saturated carbocycles. The van der Waals surface area contributed by atoms with Crippen LogP contribution in [-0.4, -0.2) is 113 Å². The largest absolute Gasteiger partial charge is 0.493 e. The van der Waals surface area contributed by atoms with Crippen molar-refractivity contribution in [2.24, 2.45) is 0 Å². The summed E-state index contributed by atoms with van der Waals surface area (Å²) in [7, 11) is 0. The third-order valence-electron chi connectivity index (χ3n) is 9.88. The monoisotopic (exact) mass is 1190 g/mol. The van der Waals surface area contributed by atoms with Crippen molar-refractivity contribution in [3.05, 3.63) is 28.8 Å². The molecular formula is C35H33F34NOS2. The average Bonchev–Trinajstić information content (AvgIpc) is 3.19. The third kappa shape index (κ3) is 11.9. The lowest BCUT2D eigenvalue weighted by Crippen LogP contribution is -2.74. The van der Waals surface area contributed by atoms with Crippen molar-refractivity contribution < 1.29 is 154 Å². The van der Waals surface area contributed by atoms with E-state index in [9.17, 15) is 149 Å². The fourth-order valence-corrected chi connectivity index (χ4v) is 7.43. The van der Waals surface area contributed by atoms with Gasteiger partial charge in [-0.15, -0.1) is 0 Å². The number of aryl methyl sites for hydroxylation is 1. The van der Waals surface area contributed by atoms with Crippen molar-refractivity contribution in [1.82, 2.24) is 6.15 Å². The molecule has 0 bridgehead atoms. The highest BCUT2D eigenvalue weighted by atomic mass is 32.2. The molecule has 38 heteroatoms. The van der Waals surface area contributed by atoms with Crippen molar-refractivity contribution in [1.29, 1.82) is 0 Å². The molecule has 1 aromatic carbocycles. The molecule has 0 aromatic heterocycles. The van der Waals surface area contributed by atoms with Gasteiger partial charge in [0.15, 0.2) is 0 Å². The minimum atomic E-state index is -8.87. The van der Waals surface area contributed by atoms with Crippen molar-refractivity contribution in [2.75, 3.05) is 18.1 Å². The number of rotatable bonds is 28. The molecule has 0 fully saturated rings. The molecule has 0 atom stereocenters. The molecule has 0 radical (unpaired) electrons. The van der Waals surface area contributed by atoms with Gasteiger partial charge in [-0.25, -0.2) is 0 Å². The molecule has 1 aromatic rings.